The van der Waals surface area contributed by atoms with Crippen LogP contribution in [0.4, 0.5) is 14.6 Å². The second-order valence-corrected chi connectivity index (χ2v) is 8.52. The van der Waals surface area contributed by atoms with Gasteiger partial charge < -0.3 is 14.8 Å². The minimum atomic E-state index is -3.68. The smallest absolute Gasteiger partial charge is 0.395 e. The Bertz CT molecular complexity index is 1190. The molecule has 2 heterocycles. The molecule has 0 bridgehead atoms. The predicted octanol–water partition coefficient (Wildman–Crippen LogP) is 4.55. The van der Waals surface area contributed by atoms with Crippen molar-refractivity contribution in [3.05, 3.63) is 65.7 Å². The summed E-state index contributed by atoms with van der Waals surface area (Å²) in [6.45, 7) is 1.97. The van der Waals surface area contributed by atoms with Crippen LogP contribution in [0.2, 0.25) is 0 Å². The van der Waals surface area contributed by atoms with E-state index in [1.807, 2.05) is 37.3 Å². The standard InChI is InChI=1S/C23H19F2N2O3P/c1-13-2-9-19(26-20(13)14-3-6-16(31)7-4-14)27-21(28)22(10-11-22)15-5-8-17-18(12-15)30-23(24,25)29-17/h2-9,12H,10-11,31H2,1H3,(H,26,27,28). The molecule has 31 heavy (non-hydrogen) atoms. The Hall–Kier alpha value is -3.05. The Morgan fingerprint density at radius 2 is 1.74 bits per heavy atom. The molecule has 8 heteroatoms. The molecule has 158 valence electrons. The largest absolute Gasteiger partial charge is 0.586 e. The molecule has 1 saturated carbocycles. The summed E-state index contributed by atoms with van der Waals surface area (Å²) < 4.78 is 35.6. The van der Waals surface area contributed by atoms with Gasteiger partial charge in [0, 0.05) is 5.56 Å². The molecular formula is C23H19F2N2O3P. The summed E-state index contributed by atoms with van der Waals surface area (Å²) in [7, 11) is 2.64. The highest BCUT2D eigenvalue weighted by atomic mass is 31.0. The first-order chi connectivity index (χ1) is 14.8. The van der Waals surface area contributed by atoms with E-state index in [9.17, 15) is 13.6 Å². The maximum Gasteiger partial charge on any atom is 0.586 e. The van der Waals surface area contributed by atoms with E-state index >= 15 is 0 Å². The van der Waals surface area contributed by atoms with Gasteiger partial charge in [0.05, 0.1) is 11.1 Å². The molecule has 1 amide bonds. The molecule has 1 aliphatic heterocycles. The van der Waals surface area contributed by atoms with Crippen molar-refractivity contribution < 1.29 is 23.0 Å². The zero-order chi connectivity index (χ0) is 21.8. The monoisotopic (exact) mass is 440 g/mol. The number of pyridine rings is 1. The van der Waals surface area contributed by atoms with Gasteiger partial charge in [0.2, 0.25) is 5.91 Å². The van der Waals surface area contributed by atoms with Crippen molar-refractivity contribution in [2.24, 2.45) is 0 Å². The molecule has 5 rings (SSSR count). The van der Waals surface area contributed by atoms with Gasteiger partial charge in [-0.25, -0.2) is 4.98 Å². The first-order valence-corrected chi connectivity index (χ1v) is 10.4. The minimum absolute atomic E-state index is 0.0358. The lowest BCUT2D eigenvalue weighted by Crippen LogP contribution is -2.28. The summed E-state index contributed by atoms with van der Waals surface area (Å²) in [6.07, 6.45) is -2.46. The second kappa shape index (κ2) is 6.99. The average Bonchev–Trinajstić information content (AvgIpc) is 3.47. The number of carbonyl (C=O) groups excluding carboxylic acids is 1. The number of amides is 1. The Morgan fingerprint density at radius 1 is 1.03 bits per heavy atom. The fourth-order valence-electron chi connectivity index (χ4n) is 3.79. The van der Waals surface area contributed by atoms with Crippen molar-refractivity contribution >= 4 is 26.3 Å². The van der Waals surface area contributed by atoms with Crippen LogP contribution in [0.5, 0.6) is 11.5 Å². The number of nitrogens with zero attached hydrogens (tertiary/aromatic N) is 1. The number of halogens is 2. The van der Waals surface area contributed by atoms with Gasteiger partial charge in [0.1, 0.15) is 5.82 Å². The number of rotatable bonds is 4. The normalized spacial score (nSPS) is 17.3. The molecule has 0 spiro atoms. The van der Waals surface area contributed by atoms with E-state index in [0.717, 1.165) is 22.1 Å². The van der Waals surface area contributed by atoms with E-state index in [1.54, 1.807) is 12.1 Å². The van der Waals surface area contributed by atoms with Crippen LogP contribution in [-0.4, -0.2) is 17.2 Å². The highest BCUT2D eigenvalue weighted by Crippen LogP contribution is 2.52. The first-order valence-electron chi connectivity index (χ1n) is 9.81. The molecule has 1 N–H and O–H groups in total. The van der Waals surface area contributed by atoms with Gasteiger partial charge in [-0.05, 0) is 54.4 Å². The van der Waals surface area contributed by atoms with E-state index in [1.165, 1.54) is 12.1 Å². The highest BCUT2D eigenvalue weighted by molar-refractivity contribution is 7.27. The van der Waals surface area contributed by atoms with Gasteiger partial charge in [-0.3, -0.25) is 4.79 Å². The van der Waals surface area contributed by atoms with E-state index in [0.29, 0.717) is 24.2 Å². The van der Waals surface area contributed by atoms with Crippen LogP contribution in [0.15, 0.2) is 54.6 Å². The van der Waals surface area contributed by atoms with Gasteiger partial charge in [-0.2, -0.15) is 0 Å². The molecule has 1 aromatic heterocycles. The molecule has 1 fully saturated rings. The van der Waals surface area contributed by atoms with Crippen molar-refractivity contribution in [3.63, 3.8) is 0 Å². The third-order valence-corrected chi connectivity index (χ3v) is 6.05. The van der Waals surface area contributed by atoms with Crippen LogP contribution >= 0.6 is 9.24 Å². The van der Waals surface area contributed by atoms with Gasteiger partial charge in [0.25, 0.3) is 0 Å². The zero-order valence-corrected chi connectivity index (χ0v) is 17.8. The van der Waals surface area contributed by atoms with Crippen LogP contribution in [0, 0.1) is 6.92 Å². The number of fused-ring (bicyclic) bond motifs is 1. The molecule has 1 atom stereocenters. The molecule has 2 aliphatic rings. The van der Waals surface area contributed by atoms with Crippen molar-refractivity contribution in [2.75, 3.05) is 5.32 Å². The van der Waals surface area contributed by atoms with E-state index < -0.39 is 11.7 Å². The number of aromatic nitrogens is 1. The highest BCUT2D eigenvalue weighted by Gasteiger charge is 2.53. The maximum atomic E-state index is 13.3. The third-order valence-electron chi connectivity index (χ3n) is 5.66. The fourth-order valence-corrected chi connectivity index (χ4v) is 3.98. The van der Waals surface area contributed by atoms with Crippen LogP contribution < -0.4 is 20.1 Å². The number of anilines is 1. The molecule has 0 radical (unpaired) electrons. The Balaban J connectivity index is 1.40. The lowest BCUT2D eigenvalue weighted by atomic mass is 9.94. The number of hydrogen-bond acceptors (Lipinski definition) is 4. The number of alkyl halides is 2. The SMILES string of the molecule is Cc1ccc(NC(=O)C2(c3ccc4c(c3)OC(F)(F)O4)CC2)nc1-c1ccc(P)cc1. The lowest BCUT2D eigenvalue weighted by Gasteiger charge is -2.17. The van der Waals surface area contributed by atoms with Crippen molar-refractivity contribution in [2.45, 2.75) is 31.5 Å². The summed E-state index contributed by atoms with van der Waals surface area (Å²) in [5.41, 5.74) is 2.57. The van der Waals surface area contributed by atoms with Gasteiger partial charge in [0.15, 0.2) is 11.5 Å². The molecule has 0 saturated heterocycles. The Labute approximate surface area is 180 Å². The summed E-state index contributed by atoms with van der Waals surface area (Å²) in [5, 5.41) is 3.97. The topological polar surface area (TPSA) is 60.5 Å². The van der Waals surface area contributed by atoms with E-state index in [2.05, 4.69) is 29.0 Å². The molecular weight excluding hydrogens is 421 g/mol. The average molecular weight is 440 g/mol. The molecule has 5 nitrogen and oxygen atoms in total. The number of aryl methyl sites for hydroxylation is 1. The van der Waals surface area contributed by atoms with Crippen molar-refractivity contribution in [1.29, 1.82) is 0 Å². The predicted molar refractivity (Wildman–Crippen MR) is 116 cm³/mol. The number of nitrogens with one attached hydrogen (secondary N) is 1. The third kappa shape index (κ3) is 3.63. The maximum absolute atomic E-state index is 13.3. The van der Waals surface area contributed by atoms with Gasteiger partial charge in [-0.15, -0.1) is 18.0 Å². The quantitative estimate of drug-likeness (QED) is 0.605. The summed E-state index contributed by atoms with van der Waals surface area (Å²) >= 11 is 0. The Kier molecular flexibility index (Phi) is 4.48. The summed E-state index contributed by atoms with van der Waals surface area (Å²) in [4.78, 5) is 17.8. The van der Waals surface area contributed by atoms with Crippen LogP contribution in [0.1, 0.15) is 24.0 Å². The summed E-state index contributed by atoms with van der Waals surface area (Å²) in [5.74, 6) is 0.126. The molecule has 2 aromatic carbocycles. The van der Waals surface area contributed by atoms with E-state index in [4.69, 9.17) is 0 Å². The van der Waals surface area contributed by atoms with Gasteiger partial charge >= 0.3 is 6.29 Å². The second-order valence-electron chi connectivity index (χ2n) is 7.85. The molecule has 1 aliphatic carbocycles. The van der Waals surface area contributed by atoms with E-state index in [-0.39, 0.29) is 17.4 Å². The lowest BCUT2D eigenvalue weighted by molar-refractivity contribution is -0.286. The Morgan fingerprint density at radius 3 is 2.45 bits per heavy atom. The summed E-state index contributed by atoms with van der Waals surface area (Å²) in [6, 6.07) is 16.1. The van der Waals surface area contributed by atoms with Gasteiger partial charge in [-0.1, -0.05) is 36.4 Å². The number of benzene rings is 2. The van der Waals surface area contributed by atoms with Crippen molar-refractivity contribution in [3.8, 4) is 22.8 Å². The van der Waals surface area contributed by atoms with Crippen LogP contribution in [0.25, 0.3) is 11.3 Å². The van der Waals surface area contributed by atoms with Crippen molar-refractivity contribution in [1.82, 2.24) is 4.98 Å². The number of carbonyl (C=O) groups is 1. The minimum Gasteiger partial charge on any atom is -0.395 e. The van der Waals surface area contributed by atoms with Crippen LogP contribution in [-0.2, 0) is 10.2 Å². The molecule has 3 aromatic rings. The zero-order valence-electron chi connectivity index (χ0n) is 16.6. The first kappa shape index (κ1) is 19.9. The molecule has 1 unspecified atom stereocenters. The van der Waals surface area contributed by atoms with Crippen LogP contribution in [0.3, 0.4) is 0 Å². The fraction of sp³-hybridized carbons (Fsp3) is 0.217. The number of hydrogen-bond donors (Lipinski definition) is 1. The number of ether oxygens (including phenoxy) is 2.